The summed E-state index contributed by atoms with van der Waals surface area (Å²) in [6.07, 6.45) is 0.195. The molecule has 0 saturated carbocycles. The maximum Gasteiger partial charge on any atom is 0.327 e. The Morgan fingerprint density at radius 3 is 1.91 bits per heavy atom. The number of nitrogens with two attached hydrogens (primary N) is 1. The van der Waals surface area contributed by atoms with Crippen molar-refractivity contribution in [1.29, 1.82) is 0 Å². The Kier molecular flexibility index (Phi) is 11.4. The highest BCUT2D eigenvalue weighted by molar-refractivity contribution is 7.80. The lowest BCUT2D eigenvalue weighted by atomic mass is 10.0. The van der Waals surface area contributed by atoms with Gasteiger partial charge in [-0.3, -0.25) is 14.4 Å². The lowest BCUT2D eigenvalue weighted by Gasteiger charge is -2.26. The van der Waals surface area contributed by atoms with E-state index in [1.807, 2.05) is 0 Å². The highest BCUT2D eigenvalue weighted by Crippen LogP contribution is 2.11. The number of carboxylic acid groups (broad SMARTS) is 1. The number of aromatic hydroxyl groups is 1. The van der Waals surface area contributed by atoms with Gasteiger partial charge in [-0.2, -0.15) is 25.3 Å². The number of carbonyl (C=O) groups excluding carboxylic acids is 3. The fourth-order valence-electron chi connectivity index (χ4n) is 2.69. The van der Waals surface area contributed by atoms with E-state index in [0.717, 1.165) is 5.56 Å². The van der Waals surface area contributed by atoms with E-state index in [9.17, 15) is 24.3 Å². The van der Waals surface area contributed by atoms with Crippen LogP contribution in [0.25, 0.3) is 0 Å². The summed E-state index contributed by atoms with van der Waals surface area (Å²) >= 11 is 7.93. The van der Waals surface area contributed by atoms with Crippen LogP contribution >= 0.6 is 25.3 Å². The van der Waals surface area contributed by atoms with Crippen molar-refractivity contribution < 1.29 is 29.4 Å². The smallest absolute Gasteiger partial charge is 0.327 e. The summed E-state index contributed by atoms with van der Waals surface area (Å²) < 4.78 is 0. The summed E-state index contributed by atoms with van der Waals surface area (Å²) in [4.78, 5) is 48.7. The predicted octanol–water partition coefficient (Wildman–Crippen LogP) is -0.683. The molecule has 1 rings (SSSR count). The van der Waals surface area contributed by atoms with Crippen molar-refractivity contribution in [2.24, 2.45) is 11.7 Å². The topological polar surface area (TPSA) is 171 Å². The van der Waals surface area contributed by atoms with E-state index in [1.165, 1.54) is 12.1 Å². The SMILES string of the molecule is CC(C)C(NC(=O)C(N)Cc1ccc(O)cc1)C(=O)NC(CS)C(=O)NC(CS)C(=O)O. The van der Waals surface area contributed by atoms with Crippen molar-refractivity contribution in [3.05, 3.63) is 29.8 Å². The van der Waals surface area contributed by atoms with Crippen LogP contribution in [0.15, 0.2) is 24.3 Å². The number of hydrogen-bond acceptors (Lipinski definition) is 8. The number of hydrogen-bond donors (Lipinski definition) is 8. The van der Waals surface area contributed by atoms with Gasteiger partial charge in [-0.1, -0.05) is 26.0 Å². The fourth-order valence-corrected chi connectivity index (χ4v) is 3.19. The Morgan fingerprint density at radius 1 is 0.906 bits per heavy atom. The molecule has 1 aromatic carbocycles. The van der Waals surface area contributed by atoms with E-state index in [4.69, 9.17) is 10.8 Å². The van der Waals surface area contributed by atoms with Gasteiger partial charge in [0, 0.05) is 11.5 Å². The maximum atomic E-state index is 12.8. The summed E-state index contributed by atoms with van der Waals surface area (Å²) in [5, 5.41) is 25.8. The van der Waals surface area contributed by atoms with Crippen molar-refractivity contribution in [1.82, 2.24) is 16.0 Å². The molecule has 178 valence electrons. The summed E-state index contributed by atoms with van der Waals surface area (Å²) in [7, 11) is 0. The van der Waals surface area contributed by atoms with Crippen molar-refractivity contribution in [2.75, 3.05) is 11.5 Å². The molecule has 4 unspecified atom stereocenters. The van der Waals surface area contributed by atoms with Crippen molar-refractivity contribution >= 4 is 48.9 Å². The van der Waals surface area contributed by atoms with Gasteiger partial charge in [-0.05, 0) is 30.0 Å². The number of phenolic OH excluding ortho intramolecular Hbond substituents is 1. The normalized spacial score (nSPS) is 14.7. The Labute approximate surface area is 197 Å². The maximum absolute atomic E-state index is 12.8. The summed E-state index contributed by atoms with van der Waals surface area (Å²) in [5.74, 6) is -3.62. The number of phenols is 1. The number of amides is 3. The van der Waals surface area contributed by atoms with Crippen LogP contribution in [-0.2, 0) is 25.6 Å². The molecule has 0 saturated heterocycles. The average Bonchev–Trinajstić information content (AvgIpc) is 2.74. The number of nitrogens with one attached hydrogen (secondary N) is 3. The van der Waals surface area contributed by atoms with Crippen LogP contribution in [0, 0.1) is 5.92 Å². The molecule has 32 heavy (non-hydrogen) atoms. The van der Waals surface area contributed by atoms with Crippen LogP contribution in [-0.4, -0.2) is 69.6 Å². The molecule has 0 heterocycles. The zero-order chi connectivity index (χ0) is 24.4. The first-order chi connectivity index (χ1) is 15.0. The molecule has 0 fully saturated rings. The molecule has 0 bridgehead atoms. The third-order valence-corrected chi connectivity index (χ3v) is 5.32. The minimum Gasteiger partial charge on any atom is -0.508 e. The molecule has 3 amide bonds. The molecule has 0 aliphatic carbocycles. The van der Waals surface area contributed by atoms with Gasteiger partial charge < -0.3 is 31.9 Å². The monoisotopic (exact) mass is 486 g/mol. The van der Waals surface area contributed by atoms with Gasteiger partial charge >= 0.3 is 5.97 Å². The second kappa shape index (κ2) is 13.2. The van der Waals surface area contributed by atoms with Crippen LogP contribution in [0.5, 0.6) is 5.75 Å². The number of carbonyl (C=O) groups is 4. The molecule has 7 N–H and O–H groups in total. The first-order valence-electron chi connectivity index (χ1n) is 9.89. The number of aliphatic carboxylic acids is 1. The lowest BCUT2D eigenvalue weighted by Crippen LogP contribution is -2.59. The van der Waals surface area contributed by atoms with Crippen LogP contribution in [0.2, 0.25) is 0 Å². The van der Waals surface area contributed by atoms with E-state index < -0.39 is 47.9 Å². The fraction of sp³-hybridized carbons (Fsp3) is 0.500. The van der Waals surface area contributed by atoms with E-state index in [2.05, 4.69) is 41.2 Å². The van der Waals surface area contributed by atoms with Gasteiger partial charge in [0.05, 0.1) is 6.04 Å². The molecule has 0 radical (unpaired) electrons. The molecule has 10 nitrogen and oxygen atoms in total. The van der Waals surface area contributed by atoms with E-state index >= 15 is 0 Å². The van der Waals surface area contributed by atoms with Gasteiger partial charge in [-0.25, -0.2) is 4.79 Å². The Balaban J connectivity index is 2.78. The summed E-state index contributed by atoms with van der Waals surface area (Å²) in [6.45, 7) is 3.43. The summed E-state index contributed by atoms with van der Waals surface area (Å²) in [5.41, 5.74) is 6.70. The molecule has 1 aromatic rings. The Bertz CT molecular complexity index is 806. The second-order valence-electron chi connectivity index (χ2n) is 7.53. The lowest BCUT2D eigenvalue weighted by molar-refractivity contribution is -0.141. The zero-order valence-electron chi connectivity index (χ0n) is 17.8. The van der Waals surface area contributed by atoms with Crippen LogP contribution in [0.3, 0.4) is 0 Å². The van der Waals surface area contributed by atoms with Crippen molar-refractivity contribution in [3.8, 4) is 5.75 Å². The molecule has 0 aromatic heterocycles. The van der Waals surface area contributed by atoms with Gasteiger partial charge in [-0.15, -0.1) is 0 Å². The molecular formula is C20H30N4O6S2. The first-order valence-corrected chi connectivity index (χ1v) is 11.2. The van der Waals surface area contributed by atoms with Gasteiger partial charge in [0.2, 0.25) is 17.7 Å². The van der Waals surface area contributed by atoms with Crippen LogP contribution in [0.1, 0.15) is 19.4 Å². The molecule has 0 aliphatic heterocycles. The highest BCUT2D eigenvalue weighted by atomic mass is 32.1. The predicted molar refractivity (Wildman–Crippen MR) is 126 cm³/mol. The minimum absolute atomic E-state index is 0.0877. The first kappa shape index (κ1) is 27.6. The third-order valence-electron chi connectivity index (χ3n) is 4.59. The largest absolute Gasteiger partial charge is 0.508 e. The number of rotatable bonds is 12. The van der Waals surface area contributed by atoms with Crippen molar-refractivity contribution in [2.45, 2.75) is 44.4 Å². The number of benzene rings is 1. The van der Waals surface area contributed by atoms with E-state index in [1.54, 1.807) is 26.0 Å². The zero-order valence-corrected chi connectivity index (χ0v) is 19.6. The van der Waals surface area contributed by atoms with E-state index in [-0.39, 0.29) is 29.6 Å². The second-order valence-corrected chi connectivity index (χ2v) is 8.26. The highest BCUT2D eigenvalue weighted by Gasteiger charge is 2.31. The standard InChI is InChI=1S/C20H30N4O6S2/c1-10(2)16(24-17(26)13(21)7-11-3-5-12(25)6-4-11)19(28)22-14(8-31)18(27)23-15(9-32)20(29)30/h3-6,10,13-16,25,31-32H,7-9,21H2,1-2H3,(H,22,28)(H,23,27)(H,24,26)(H,29,30). The number of carboxylic acids is 1. The van der Waals surface area contributed by atoms with Crippen LogP contribution in [0.4, 0.5) is 0 Å². The van der Waals surface area contributed by atoms with Gasteiger partial charge in [0.25, 0.3) is 0 Å². The quantitative estimate of drug-likeness (QED) is 0.181. The van der Waals surface area contributed by atoms with Crippen LogP contribution < -0.4 is 21.7 Å². The minimum atomic E-state index is -1.26. The molecule has 12 heteroatoms. The van der Waals surface area contributed by atoms with Gasteiger partial charge in [0.1, 0.15) is 23.9 Å². The summed E-state index contributed by atoms with van der Waals surface area (Å²) in [6, 6.07) is 1.99. The Hall–Kier alpha value is -2.44. The molecular weight excluding hydrogens is 456 g/mol. The molecule has 0 spiro atoms. The van der Waals surface area contributed by atoms with Gasteiger partial charge in [0.15, 0.2) is 0 Å². The molecule has 0 aliphatic rings. The third kappa shape index (κ3) is 8.60. The van der Waals surface area contributed by atoms with E-state index in [0.29, 0.717) is 0 Å². The average molecular weight is 487 g/mol. The Morgan fingerprint density at radius 2 is 1.44 bits per heavy atom. The van der Waals surface area contributed by atoms with Crippen molar-refractivity contribution in [3.63, 3.8) is 0 Å². The molecule has 4 atom stereocenters. The number of thiol groups is 2.